The highest BCUT2D eigenvalue weighted by atomic mass is 79.9. The maximum atomic E-state index is 5.98. The van der Waals surface area contributed by atoms with Gasteiger partial charge in [-0.3, -0.25) is 0 Å². The highest BCUT2D eigenvalue weighted by molar-refractivity contribution is 9.10. The average Bonchev–Trinajstić information content (AvgIpc) is 2.47. The van der Waals surface area contributed by atoms with Crippen molar-refractivity contribution in [3.8, 4) is 0 Å². The second-order valence-corrected chi connectivity index (χ2v) is 4.77. The van der Waals surface area contributed by atoms with Crippen LogP contribution in [0, 0.1) is 0 Å². The third-order valence-corrected chi connectivity index (χ3v) is 3.65. The van der Waals surface area contributed by atoms with E-state index in [1.807, 2.05) is 0 Å². The van der Waals surface area contributed by atoms with Crippen molar-refractivity contribution in [1.82, 2.24) is 0 Å². The second-order valence-electron chi connectivity index (χ2n) is 2.92. The quantitative estimate of drug-likeness (QED) is 0.884. The van der Waals surface area contributed by atoms with Crippen molar-refractivity contribution in [2.45, 2.75) is 32.2 Å². The van der Waals surface area contributed by atoms with E-state index in [1.54, 1.807) is 11.3 Å². The first-order valence-corrected chi connectivity index (χ1v) is 5.90. The normalized spacial score (nSPS) is 12.2. The minimum atomic E-state index is 0. The van der Waals surface area contributed by atoms with Crippen LogP contribution in [0.1, 0.15) is 37.1 Å². The van der Waals surface area contributed by atoms with Gasteiger partial charge in [-0.15, -0.1) is 23.7 Å². The van der Waals surface area contributed by atoms with Crippen molar-refractivity contribution in [3.05, 3.63) is 20.8 Å². The van der Waals surface area contributed by atoms with Crippen LogP contribution in [0.4, 0.5) is 0 Å². The number of hydrogen-bond donors (Lipinski definition) is 1. The van der Waals surface area contributed by atoms with E-state index in [4.69, 9.17) is 5.73 Å². The van der Waals surface area contributed by atoms with Gasteiger partial charge in [-0.1, -0.05) is 19.8 Å². The van der Waals surface area contributed by atoms with Gasteiger partial charge < -0.3 is 5.73 Å². The number of halogens is 2. The summed E-state index contributed by atoms with van der Waals surface area (Å²) in [7, 11) is 0. The number of nitrogens with two attached hydrogens (primary N) is 1. The van der Waals surface area contributed by atoms with Crippen molar-refractivity contribution in [3.63, 3.8) is 0 Å². The van der Waals surface area contributed by atoms with Gasteiger partial charge in [0, 0.05) is 20.8 Å². The summed E-state index contributed by atoms with van der Waals surface area (Å²) in [5.41, 5.74) is 5.98. The first-order valence-electron chi connectivity index (χ1n) is 4.23. The van der Waals surface area contributed by atoms with Crippen molar-refractivity contribution in [2.75, 3.05) is 0 Å². The summed E-state index contributed by atoms with van der Waals surface area (Å²) < 4.78 is 1.15. The Kier molecular flexibility index (Phi) is 7.05. The molecule has 0 aliphatic rings. The number of unbranched alkanes of at least 4 members (excludes halogenated alkanes) is 1. The summed E-state index contributed by atoms with van der Waals surface area (Å²) in [5.74, 6) is 0. The fourth-order valence-electron chi connectivity index (χ4n) is 1.09. The molecule has 0 saturated carbocycles. The molecule has 1 aromatic heterocycles. The molecule has 0 spiro atoms. The zero-order valence-corrected chi connectivity index (χ0v) is 10.8. The van der Waals surface area contributed by atoms with E-state index in [-0.39, 0.29) is 18.4 Å². The predicted octanol–water partition coefficient (Wildman–Crippen LogP) is 4.12. The summed E-state index contributed by atoms with van der Waals surface area (Å²) in [4.78, 5) is 1.29. The van der Waals surface area contributed by atoms with E-state index in [1.165, 1.54) is 17.7 Å². The second kappa shape index (κ2) is 6.82. The molecular weight excluding hydrogens is 270 g/mol. The number of hydrogen-bond acceptors (Lipinski definition) is 2. The summed E-state index contributed by atoms with van der Waals surface area (Å²) in [6.07, 6.45) is 3.54. The third kappa shape index (κ3) is 4.45. The van der Waals surface area contributed by atoms with E-state index in [9.17, 15) is 0 Å². The summed E-state index contributed by atoms with van der Waals surface area (Å²) in [6.45, 7) is 2.19. The Morgan fingerprint density at radius 2 is 2.31 bits per heavy atom. The van der Waals surface area contributed by atoms with Crippen LogP contribution in [-0.4, -0.2) is 0 Å². The lowest BCUT2D eigenvalue weighted by atomic mass is 10.1. The van der Waals surface area contributed by atoms with Gasteiger partial charge >= 0.3 is 0 Å². The SMILES string of the molecule is CCCC[C@H](N)c1cc(Br)cs1.Cl. The minimum Gasteiger partial charge on any atom is -0.323 e. The molecule has 0 fully saturated rings. The molecule has 13 heavy (non-hydrogen) atoms. The van der Waals surface area contributed by atoms with Crippen LogP contribution >= 0.6 is 39.7 Å². The van der Waals surface area contributed by atoms with Gasteiger partial charge in [-0.25, -0.2) is 0 Å². The van der Waals surface area contributed by atoms with Crippen molar-refractivity contribution >= 4 is 39.7 Å². The van der Waals surface area contributed by atoms with E-state index < -0.39 is 0 Å². The zero-order valence-electron chi connectivity index (χ0n) is 7.63. The lowest BCUT2D eigenvalue weighted by Crippen LogP contribution is -2.07. The molecule has 0 aliphatic carbocycles. The van der Waals surface area contributed by atoms with Gasteiger partial charge in [0.2, 0.25) is 0 Å². The molecule has 1 rings (SSSR count). The molecule has 76 valence electrons. The Morgan fingerprint density at radius 1 is 1.62 bits per heavy atom. The Bertz CT molecular complexity index is 239. The fraction of sp³-hybridized carbons (Fsp3) is 0.556. The van der Waals surface area contributed by atoms with Crippen LogP contribution in [0.3, 0.4) is 0 Å². The van der Waals surface area contributed by atoms with Crippen LogP contribution in [-0.2, 0) is 0 Å². The topological polar surface area (TPSA) is 26.0 Å². The molecule has 0 saturated heterocycles. The molecule has 1 aromatic rings. The largest absolute Gasteiger partial charge is 0.323 e. The predicted molar refractivity (Wildman–Crippen MR) is 65.7 cm³/mol. The molecule has 0 radical (unpaired) electrons. The summed E-state index contributed by atoms with van der Waals surface area (Å²) in [5, 5.41) is 2.08. The fourth-order valence-corrected chi connectivity index (χ4v) is 2.57. The standard InChI is InChI=1S/C9H14BrNS.ClH/c1-2-3-4-8(11)9-5-7(10)6-12-9;/h5-6,8H,2-4,11H2,1H3;1H/t8-;/m0./s1. The molecule has 2 N–H and O–H groups in total. The molecule has 0 aliphatic heterocycles. The Morgan fingerprint density at radius 3 is 2.77 bits per heavy atom. The third-order valence-electron chi connectivity index (χ3n) is 1.82. The molecule has 1 heterocycles. The maximum absolute atomic E-state index is 5.98. The molecule has 1 nitrogen and oxygen atoms in total. The summed E-state index contributed by atoms with van der Waals surface area (Å²) >= 11 is 5.16. The van der Waals surface area contributed by atoms with Gasteiger partial charge in [-0.05, 0) is 28.4 Å². The monoisotopic (exact) mass is 283 g/mol. The molecule has 0 aromatic carbocycles. The molecule has 4 heteroatoms. The lowest BCUT2D eigenvalue weighted by molar-refractivity contribution is 0.611. The smallest absolute Gasteiger partial charge is 0.0390 e. The first kappa shape index (κ1) is 13.4. The van der Waals surface area contributed by atoms with Crippen molar-refractivity contribution in [1.29, 1.82) is 0 Å². The number of thiophene rings is 1. The van der Waals surface area contributed by atoms with Crippen LogP contribution in [0.25, 0.3) is 0 Å². The van der Waals surface area contributed by atoms with Crippen LogP contribution in [0.15, 0.2) is 15.9 Å². The van der Waals surface area contributed by atoms with Crippen LogP contribution in [0.5, 0.6) is 0 Å². The van der Waals surface area contributed by atoms with Gasteiger partial charge in [0.05, 0.1) is 0 Å². The van der Waals surface area contributed by atoms with E-state index >= 15 is 0 Å². The molecule has 1 atom stereocenters. The average molecular weight is 285 g/mol. The van der Waals surface area contributed by atoms with Crippen molar-refractivity contribution < 1.29 is 0 Å². The van der Waals surface area contributed by atoms with E-state index in [0.717, 1.165) is 10.9 Å². The summed E-state index contributed by atoms with van der Waals surface area (Å²) in [6, 6.07) is 2.35. The van der Waals surface area contributed by atoms with Crippen molar-refractivity contribution in [2.24, 2.45) is 5.73 Å². The minimum absolute atomic E-state index is 0. The molecular formula is C9H15BrClNS. The first-order chi connectivity index (χ1) is 5.74. The Hall–Kier alpha value is 0.430. The Balaban J connectivity index is 0.00000144. The maximum Gasteiger partial charge on any atom is 0.0390 e. The molecule has 0 unspecified atom stereocenters. The lowest BCUT2D eigenvalue weighted by Gasteiger charge is -2.07. The van der Waals surface area contributed by atoms with Gasteiger partial charge in [0.1, 0.15) is 0 Å². The van der Waals surface area contributed by atoms with E-state index in [0.29, 0.717) is 0 Å². The van der Waals surface area contributed by atoms with Crippen LogP contribution in [0.2, 0.25) is 0 Å². The zero-order chi connectivity index (χ0) is 8.97. The van der Waals surface area contributed by atoms with E-state index in [2.05, 4.69) is 34.3 Å². The Labute approximate surface area is 98.3 Å². The highest BCUT2D eigenvalue weighted by Gasteiger charge is 2.06. The van der Waals surface area contributed by atoms with Gasteiger partial charge in [0.15, 0.2) is 0 Å². The molecule has 0 bridgehead atoms. The van der Waals surface area contributed by atoms with Crippen LogP contribution < -0.4 is 5.73 Å². The van der Waals surface area contributed by atoms with Gasteiger partial charge in [0.25, 0.3) is 0 Å². The number of rotatable bonds is 4. The van der Waals surface area contributed by atoms with Gasteiger partial charge in [-0.2, -0.15) is 0 Å². The highest BCUT2D eigenvalue weighted by Crippen LogP contribution is 2.26. The molecule has 0 amide bonds.